The minimum absolute atomic E-state index is 0.0486. The number of allylic oxidation sites excluding steroid dienone is 2. The van der Waals surface area contributed by atoms with Crippen LogP contribution in [0.5, 0.6) is 0 Å². The molecule has 0 aliphatic heterocycles. The number of alkyl halides is 1. The van der Waals surface area contributed by atoms with Crippen LogP contribution in [-0.4, -0.2) is 22.5 Å². The van der Waals surface area contributed by atoms with Crippen molar-refractivity contribution in [1.82, 2.24) is 0 Å². The summed E-state index contributed by atoms with van der Waals surface area (Å²) in [6, 6.07) is 0. The zero-order chi connectivity index (χ0) is 9.72. The summed E-state index contributed by atoms with van der Waals surface area (Å²) in [5.74, 6) is -0.660. The Morgan fingerprint density at radius 3 is 2.33 bits per heavy atom. The molecule has 0 fully saturated rings. The molecule has 0 aromatic carbocycles. The molecule has 12 heavy (non-hydrogen) atoms. The molecule has 0 saturated heterocycles. The Labute approximate surface area is 76.5 Å². The van der Waals surface area contributed by atoms with Gasteiger partial charge in [0.1, 0.15) is 5.76 Å². The van der Waals surface area contributed by atoms with Gasteiger partial charge >= 0.3 is 0 Å². The van der Waals surface area contributed by atoms with Gasteiger partial charge in [-0.05, 0) is 6.92 Å². The normalized spacial score (nSPS) is 12.2. The van der Waals surface area contributed by atoms with Crippen molar-refractivity contribution in [1.29, 1.82) is 5.41 Å². The van der Waals surface area contributed by atoms with Gasteiger partial charge in [0.25, 0.3) is 0 Å². The van der Waals surface area contributed by atoms with E-state index in [9.17, 15) is 9.90 Å². The predicted octanol–water partition coefficient (Wildman–Crippen LogP) is 2.06. The predicted molar refractivity (Wildman–Crippen MR) is 49.1 cm³/mol. The van der Waals surface area contributed by atoms with Gasteiger partial charge in [-0.3, -0.25) is 4.79 Å². The quantitative estimate of drug-likeness (QED) is 0.308. The van der Waals surface area contributed by atoms with Crippen LogP contribution in [0.3, 0.4) is 0 Å². The fourth-order valence-corrected chi connectivity index (χ4v) is 0.964. The number of ketones is 1. The monoisotopic (exact) mass is 189 g/mol. The molecular formula is C8H12ClNO2. The molecule has 0 saturated carbocycles. The number of aliphatic hydroxyl groups excluding tert-OH is 1. The smallest absolute Gasteiger partial charge is 0.182 e. The van der Waals surface area contributed by atoms with E-state index in [1.54, 1.807) is 6.92 Å². The first-order chi connectivity index (χ1) is 5.54. The van der Waals surface area contributed by atoms with Crippen LogP contribution in [-0.2, 0) is 4.79 Å². The first kappa shape index (κ1) is 11.2. The van der Waals surface area contributed by atoms with E-state index in [1.807, 2.05) is 0 Å². The number of rotatable bonds is 4. The molecule has 0 radical (unpaired) electrons. The van der Waals surface area contributed by atoms with Crippen molar-refractivity contribution in [2.75, 3.05) is 5.88 Å². The van der Waals surface area contributed by atoms with Crippen LogP contribution in [0.2, 0.25) is 0 Å². The van der Waals surface area contributed by atoms with Gasteiger partial charge in [0.05, 0.1) is 11.5 Å². The molecule has 2 N–H and O–H groups in total. The Kier molecular flexibility index (Phi) is 4.59. The van der Waals surface area contributed by atoms with Gasteiger partial charge in [-0.15, -0.1) is 11.6 Å². The number of nitrogens with one attached hydrogen (secondary N) is 1. The summed E-state index contributed by atoms with van der Waals surface area (Å²) < 4.78 is 0. The highest BCUT2D eigenvalue weighted by atomic mass is 35.5. The molecule has 3 nitrogen and oxygen atoms in total. The third-order valence-electron chi connectivity index (χ3n) is 1.40. The second kappa shape index (κ2) is 4.93. The second-order valence-electron chi connectivity index (χ2n) is 2.36. The average molecular weight is 190 g/mol. The van der Waals surface area contributed by atoms with Crippen LogP contribution in [0.4, 0.5) is 0 Å². The lowest BCUT2D eigenvalue weighted by atomic mass is 10.1. The van der Waals surface area contributed by atoms with Crippen LogP contribution in [0.1, 0.15) is 20.3 Å². The van der Waals surface area contributed by atoms with Crippen molar-refractivity contribution in [3.05, 3.63) is 11.3 Å². The number of carbonyl (C=O) groups is 1. The number of hydrogen-bond acceptors (Lipinski definition) is 3. The summed E-state index contributed by atoms with van der Waals surface area (Å²) in [5.41, 5.74) is 0.104. The van der Waals surface area contributed by atoms with Gasteiger partial charge in [-0.2, -0.15) is 0 Å². The topological polar surface area (TPSA) is 61.1 Å². The molecule has 0 atom stereocenters. The second-order valence-corrected chi connectivity index (χ2v) is 2.62. The van der Waals surface area contributed by atoms with Crippen LogP contribution < -0.4 is 0 Å². The first-order valence-corrected chi connectivity index (χ1v) is 4.14. The van der Waals surface area contributed by atoms with Gasteiger partial charge in [0.2, 0.25) is 0 Å². The molecule has 0 aromatic rings. The van der Waals surface area contributed by atoms with E-state index in [0.29, 0.717) is 6.42 Å². The minimum atomic E-state index is -0.400. The summed E-state index contributed by atoms with van der Waals surface area (Å²) in [4.78, 5) is 11.1. The maximum Gasteiger partial charge on any atom is 0.182 e. The largest absolute Gasteiger partial charge is 0.512 e. The van der Waals surface area contributed by atoms with Gasteiger partial charge < -0.3 is 10.5 Å². The summed E-state index contributed by atoms with van der Waals surface area (Å²) in [6.07, 6.45) is 0.341. The van der Waals surface area contributed by atoms with Crippen molar-refractivity contribution in [2.24, 2.45) is 0 Å². The van der Waals surface area contributed by atoms with Gasteiger partial charge in [0, 0.05) is 12.1 Å². The molecule has 0 aromatic heterocycles. The lowest BCUT2D eigenvalue weighted by Gasteiger charge is -2.04. The average Bonchev–Trinajstić information content (AvgIpc) is 2.03. The number of Topliss-reactive ketones (excluding diaryl/α,β-unsaturated/α-hetero) is 1. The highest BCUT2D eigenvalue weighted by molar-refractivity contribution is 6.35. The highest BCUT2D eigenvalue weighted by Gasteiger charge is 2.14. The highest BCUT2D eigenvalue weighted by Crippen LogP contribution is 2.09. The van der Waals surface area contributed by atoms with E-state index in [1.165, 1.54) is 6.92 Å². The third kappa shape index (κ3) is 2.66. The molecule has 0 spiro atoms. The maximum absolute atomic E-state index is 11.1. The van der Waals surface area contributed by atoms with Gasteiger partial charge in [-0.1, -0.05) is 6.92 Å². The number of hydrogen-bond donors (Lipinski definition) is 2. The molecule has 0 unspecified atom stereocenters. The zero-order valence-electron chi connectivity index (χ0n) is 7.15. The van der Waals surface area contributed by atoms with Gasteiger partial charge in [-0.25, -0.2) is 0 Å². The Balaban J connectivity index is 4.91. The number of carbonyl (C=O) groups excluding carboxylic acids is 1. The molecule has 0 heterocycles. The molecule has 0 aliphatic rings. The Hall–Kier alpha value is -0.830. The molecule has 0 aliphatic carbocycles. The van der Waals surface area contributed by atoms with Crippen molar-refractivity contribution in [3.8, 4) is 0 Å². The van der Waals surface area contributed by atoms with E-state index in [0.717, 1.165) is 0 Å². The van der Waals surface area contributed by atoms with E-state index < -0.39 is 5.78 Å². The number of halogens is 1. The Morgan fingerprint density at radius 1 is 1.58 bits per heavy atom. The first-order valence-electron chi connectivity index (χ1n) is 3.61. The summed E-state index contributed by atoms with van der Waals surface area (Å²) in [6.45, 7) is 3.16. The van der Waals surface area contributed by atoms with Crippen LogP contribution in [0.15, 0.2) is 11.3 Å². The van der Waals surface area contributed by atoms with E-state index >= 15 is 0 Å². The van der Waals surface area contributed by atoms with Crippen LogP contribution in [0.25, 0.3) is 0 Å². The third-order valence-corrected chi connectivity index (χ3v) is 1.64. The standard InChI is InChI=1S/C8H12ClNO2/c1-3-6(11)8(5(2)10)7(12)4-9/h10-11H,3-4H2,1-2H3. The lowest BCUT2D eigenvalue weighted by molar-refractivity contribution is -0.113. The molecule has 0 amide bonds. The Morgan fingerprint density at radius 2 is 2.08 bits per heavy atom. The summed E-state index contributed by atoms with van der Waals surface area (Å²) >= 11 is 5.30. The lowest BCUT2D eigenvalue weighted by Crippen LogP contribution is -2.13. The SMILES string of the molecule is CCC(O)=C(C(C)=N)C(=O)CCl. The molecule has 4 heteroatoms. The van der Waals surface area contributed by atoms with Crippen molar-refractivity contribution < 1.29 is 9.90 Å². The Bertz CT molecular complexity index is 233. The number of aliphatic hydroxyl groups is 1. The maximum atomic E-state index is 11.1. The van der Waals surface area contributed by atoms with Crippen molar-refractivity contribution in [2.45, 2.75) is 20.3 Å². The fraction of sp³-hybridized carbons (Fsp3) is 0.500. The van der Waals surface area contributed by atoms with E-state index in [2.05, 4.69) is 0 Å². The van der Waals surface area contributed by atoms with Crippen LogP contribution in [0, 0.1) is 5.41 Å². The molecular weight excluding hydrogens is 178 g/mol. The fourth-order valence-electron chi connectivity index (χ4n) is 0.830. The minimum Gasteiger partial charge on any atom is -0.512 e. The van der Waals surface area contributed by atoms with Crippen molar-refractivity contribution in [3.63, 3.8) is 0 Å². The van der Waals surface area contributed by atoms with E-state index in [-0.39, 0.29) is 22.9 Å². The molecule has 0 bridgehead atoms. The van der Waals surface area contributed by atoms with E-state index in [4.69, 9.17) is 17.0 Å². The van der Waals surface area contributed by atoms with Crippen LogP contribution >= 0.6 is 11.6 Å². The summed E-state index contributed by atoms with van der Waals surface area (Å²) in [7, 11) is 0. The van der Waals surface area contributed by atoms with Gasteiger partial charge in [0.15, 0.2) is 5.78 Å². The summed E-state index contributed by atoms with van der Waals surface area (Å²) in [5, 5.41) is 16.5. The molecule has 0 rings (SSSR count). The van der Waals surface area contributed by atoms with Crippen molar-refractivity contribution >= 4 is 23.1 Å². The molecule has 68 valence electrons. The zero-order valence-corrected chi connectivity index (χ0v) is 7.90.